The van der Waals surface area contributed by atoms with E-state index in [1.54, 1.807) is 18.1 Å². The maximum atomic E-state index is 11.5. The molecule has 0 radical (unpaired) electrons. The molecular formula is C30H48O2. The second kappa shape index (κ2) is 8.62. The highest BCUT2D eigenvalue weighted by Gasteiger charge is 2.61. The summed E-state index contributed by atoms with van der Waals surface area (Å²) in [5.41, 5.74) is 4.33. The topological polar surface area (TPSA) is 26.3 Å². The van der Waals surface area contributed by atoms with E-state index >= 15 is 0 Å². The Labute approximate surface area is 197 Å². The molecule has 0 unspecified atom stereocenters. The van der Waals surface area contributed by atoms with E-state index in [1.165, 1.54) is 38.5 Å². The number of carbonyl (C=O) groups is 1. The van der Waals surface area contributed by atoms with Gasteiger partial charge in [0.1, 0.15) is 6.10 Å². The lowest BCUT2D eigenvalue weighted by Gasteiger charge is -2.57. The fraction of sp³-hybridized carbons (Fsp3) is 0.833. The fourth-order valence-electron chi connectivity index (χ4n) is 8.51. The highest BCUT2D eigenvalue weighted by Crippen LogP contribution is 2.70. The van der Waals surface area contributed by atoms with Gasteiger partial charge in [-0.1, -0.05) is 73.0 Å². The minimum Gasteiger partial charge on any atom is -0.463 e. The van der Waals surface area contributed by atoms with Gasteiger partial charge < -0.3 is 4.74 Å². The van der Waals surface area contributed by atoms with Gasteiger partial charge in [0.05, 0.1) is 0 Å². The molecule has 0 aromatic carbocycles. The molecule has 2 nitrogen and oxygen atoms in total. The molecule has 4 aliphatic rings. The van der Waals surface area contributed by atoms with Crippen LogP contribution in [-0.4, -0.2) is 12.1 Å². The summed E-state index contributed by atoms with van der Waals surface area (Å²) in [6, 6.07) is 0. The van der Waals surface area contributed by atoms with Gasteiger partial charge in [0.15, 0.2) is 0 Å². The van der Waals surface area contributed by atoms with Gasteiger partial charge in [-0.15, -0.1) is 0 Å². The summed E-state index contributed by atoms with van der Waals surface area (Å²) in [7, 11) is 0. The SMILES string of the molecule is CC(=O)O[C@H]1CC[C@]2(C)C3=CC[C@]4(C)[C@@H]([C@H](C)CCCC(C)C)CC[C@@]4(C)C3=CC[C@H]2C1. The van der Waals surface area contributed by atoms with Gasteiger partial charge in [0, 0.05) is 6.92 Å². The smallest absolute Gasteiger partial charge is 0.302 e. The zero-order chi connectivity index (χ0) is 23.3. The summed E-state index contributed by atoms with van der Waals surface area (Å²) < 4.78 is 5.63. The van der Waals surface area contributed by atoms with E-state index in [-0.39, 0.29) is 17.5 Å². The predicted octanol–water partition coefficient (Wildman–Crippen LogP) is 8.27. The van der Waals surface area contributed by atoms with Gasteiger partial charge in [0.25, 0.3) is 0 Å². The van der Waals surface area contributed by atoms with E-state index < -0.39 is 0 Å². The van der Waals surface area contributed by atoms with Crippen LogP contribution in [0.1, 0.15) is 113 Å². The van der Waals surface area contributed by atoms with Gasteiger partial charge in [-0.05, 0) is 96.0 Å². The number of rotatable bonds is 6. The van der Waals surface area contributed by atoms with Crippen LogP contribution in [0.4, 0.5) is 0 Å². The van der Waals surface area contributed by atoms with E-state index in [0.29, 0.717) is 16.7 Å². The van der Waals surface area contributed by atoms with Crippen LogP contribution in [0.15, 0.2) is 23.3 Å². The largest absolute Gasteiger partial charge is 0.463 e. The molecule has 4 rings (SSSR count). The molecular weight excluding hydrogens is 392 g/mol. The summed E-state index contributed by atoms with van der Waals surface area (Å²) in [6.45, 7) is 16.6. The summed E-state index contributed by atoms with van der Waals surface area (Å²) in [5, 5.41) is 0. The van der Waals surface area contributed by atoms with E-state index in [0.717, 1.165) is 43.4 Å². The summed E-state index contributed by atoms with van der Waals surface area (Å²) >= 11 is 0. The van der Waals surface area contributed by atoms with Crippen molar-refractivity contribution >= 4 is 5.97 Å². The van der Waals surface area contributed by atoms with Crippen LogP contribution in [0.3, 0.4) is 0 Å². The second-order valence-electron chi connectivity index (χ2n) is 13.0. The number of carbonyl (C=O) groups excluding carboxylic acids is 1. The third-order valence-electron chi connectivity index (χ3n) is 10.8. The molecule has 2 saturated carbocycles. The zero-order valence-corrected chi connectivity index (χ0v) is 21.9. The Balaban J connectivity index is 1.56. The standard InChI is InChI=1S/C30H48O2/c1-20(2)9-8-10-21(3)25-14-17-30(7)27-12-11-23-19-24(32-22(4)31)13-16-28(23,5)26(27)15-18-29(25,30)6/h12,15,20-21,23-25H,8-11,13-14,16-19H2,1-7H3/t21-,23+,24+,25-,28+,29-,30+/m1/s1. The number of hydrogen-bond acceptors (Lipinski definition) is 2. The van der Waals surface area contributed by atoms with Gasteiger partial charge in [0.2, 0.25) is 0 Å². The number of allylic oxidation sites excluding steroid dienone is 4. The Morgan fingerprint density at radius 3 is 2.50 bits per heavy atom. The van der Waals surface area contributed by atoms with Crippen molar-refractivity contribution in [3.8, 4) is 0 Å². The predicted molar refractivity (Wildman–Crippen MR) is 133 cm³/mol. The maximum absolute atomic E-state index is 11.5. The Hall–Kier alpha value is -1.05. The van der Waals surface area contributed by atoms with Crippen molar-refractivity contribution in [1.29, 1.82) is 0 Å². The lowest BCUT2D eigenvalue weighted by molar-refractivity contribution is -0.150. The Kier molecular flexibility index (Phi) is 6.49. The number of esters is 1. The fourth-order valence-corrected chi connectivity index (χ4v) is 8.51. The molecule has 0 aromatic rings. The van der Waals surface area contributed by atoms with Crippen LogP contribution in [0.25, 0.3) is 0 Å². The third-order valence-corrected chi connectivity index (χ3v) is 10.8. The van der Waals surface area contributed by atoms with Gasteiger partial charge in [-0.2, -0.15) is 0 Å². The monoisotopic (exact) mass is 440 g/mol. The molecule has 0 N–H and O–H groups in total. The quantitative estimate of drug-likeness (QED) is 0.388. The molecule has 0 heterocycles. The minimum atomic E-state index is -0.120. The summed E-state index contributed by atoms with van der Waals surface area (Å²) in [6.07, 6.45) is 17.9. The molecule has 7 atom stereocenters. The van der Waals surface area contributed by atoms with Gasteiger partial charge in [-0.3, -0.25) is 4.79 Å². The number of fused-ring (bicyclic) bond motifs is 5. The number of ether oxygens (including phenoxy) is 1. The molecule has 180 valence electrons. The van der Waals surface area contributed by atoms with Crippen molar-refractivity contribution in [1.82, 2.24) is 0 Å². The molecule has 2 fully saturated rings. The first-order chi connectivity index (χ1) is 15.0. The van der Waals surface area contributed by atoms with E-state index in [1.807, 2.05) is 0 Å². The Morgan fingerprint density at radius 1 is 1.06 bits per heavy atom. The highest BCUT2D eigenvalue weighted by molar-refractivity contribution is 5.66. The Bertz CT molecular complexity index is 791. The average molecular weight is 441 g/mol. The molecule has 0 aliphatic heterocycles. The van der Waals surface area contributed by atoms with Crippen LogP contribution in [0, 0.1) is 39.9 Å². The molecule has 0 spiro atoms. The Morgan fingerprint density at radius 2 is 1.81 bits per heavy atom. The van der Waals surface area contributed by atoms with Crippen LogP contribution in [0.5, 0.6) is 0 Å². The second-order valence-corrected chi connectivity index (χ2v) is 13.0. The minimum absolute atomic E-state index is 0.119. The molecule has 4 aliphatic carbocycles. The van der Waals surface area contributed by atoms with Crippen LogP contribution in [0.2, 0.25) is 0 Å². The first-order valence-corrected chi connectivity index (χ1v) is 13.6. The van der Waals surface area contributed by atoms with Crippen LogP contribution >= 0.6 is 0 Å². The van der Waals surface area contributed by atoms with Gasteiger partial charge >= 0.3 is 5.97 Å². The lowest BCUT2D eigenvalue weighted by atomic mass is 9.47. The summed E-state index contributed by atoms with van der Waals surface area (Å²) in [4.78, 5) is 11.5. The van der Waals surface area contributed by atoms with E-state index in [4.69, 9.17) is 4.74 Å². The van der Waals surface area contributed by atoms with Crippen molar-refractivity contribution < 1.29 is 9.53 Å². The molecule has 32 heavy (non-hydrogen) atoms. The molecule has 2 heteroatoms. The normalized spacial score (nSPS) is 41.8. The highest BCUT2D eigenvalue weighted by atomic mass is 16.5. The summed E-state index contributed by atoms with van der Waals surface area (Å²) in [5.74, 6) is 2.97. The van der Waals surface area contributed by atoms with Gasteiger partial charge in [-0.25, -0.2) is 0 Å². The van der Waals surface area contributed by atoms with Crippen molar-refractivity contribution in [2.45, 2.75) is 119 Å². The first-order valence-electron chi connectivity index (χ1n) is 13.6. The molecule has 0 bridgehead atoms. The van der Waals surface area contributed by atoms with Crippen LogP contribution < -0.4 is 0 Å². The number of hydrogen-bond donors (Lipinski definition) is 0. The van der Waals surface area contributed by atoms with E-state index in [2.05, 4.69) is 53.7 Å². The lowest BCUT2D eigenvalue weighted by Crippen LogP contribution is -2.49. The molecule has 0 amide bonds. The first kappa shape index (κ1) is 24.1. The maximum Gasteiger partial charge on any atom is 0.302 e. The van der Waals surface area contributed by atoms with Crippen LogP contribution in [-0.2, 0) is 9.53 Å². The molecule has 0 aromatic heterocycles. The van der Waals surface area contributed by atoms with Crippen molar-refractivity contribution in [3.05, 3.63) is 23.3 Å². The third kappa shape index (κ3) is 3.82. The zero-order valence-electron chi connectivity index (χ0n) is 21.9. The van der Waals surface area contributed by atoms with Crippen molar-refractivity contribution in [2.24, 2.45) is 39.9 Å². The van der Waals surface area contributed by atoms with Crippen molar-refractivity contribution in [3.63, 3.8) is 0 Å². The molecule has 0 saturated heterocycles. The van der Waals surface area contributed by atoms with E-state index in [9.17, 15) is 4.79 Å². The van der Waals surface area contributed by atoms with Crippen molar-refractivity contribution in [2.75, 3.05) is 0 Å². The average Bonchev–Trinajstić information content (AvgIpc) is 2.99.